The van der Waals surface area contributed by atoms with Crippen molar-refractivity contribution in [1.29, 1.82) is 0 Å². The van der Waals surface area contributed by atoms with Gasteiger partial charge in [0.25, 0.3) is 0 Å². The monoisotopic (exact) mass is 460 g/mol. The Morgan fingerprint density at radius 2 is 1.72 bits per heavy atom. The number of aliphatic imine (C=N–C) groups is 1. The Kier molecular flexibility index (Phi) is 13.9. The number of unbranched alkanes of at least 4 members (excludes halogenated alkanes) is 1. The molecule has 25 heavy (non-hydrogen) atoms. The van der Waals surface area contributed by atoms with Crippen LogP contribution in [0.3, 0.4) is 0 Å². The lowest BCUT2D eigenvalue weighted by Gasteiger charge is -2.18. The van der Waals surface area contributed by atoms with Gasteiger partial charge < -0.3 is 15.5 Å². The van der Waals surface area contributed by atoms with E-state index in [-0.39, 0.29) is 24.0 Å². The Morgan fingerprint density at radius 1 is 1.08 bits per heavy atom. The second-order valence-corrected chi connectivity index (χ2v) is 6.43. The van der Waals surface area contributed by atoms with Crippen molar-refractivity contribution in [2.75, 3.05) is 39.8 Å². The molecule has 144 valence electrons. The van der Waals surface area contributed by atoms with Gasteiger partial charge in [-0.2, -0.15) is 0 Å². The molecular weight excluding hydrogens is 423 g/mol. The number of hydrogen-bond donors (Lipinski definition) is 2. The lowest BCUT2D eigenvalue weighted by molar-refractivity contribution is 0.297. The minimum atomic E-state index is 0. The molecule has 0 aliphatic carbocycles. The SMILES string of the molecule is CCN(CC)CCCCNC(=NC)NCC(C)c1ccc(C)cc1.I. The van der Waals surface area contributed by atoms with Gasteiger partial charge in [-0.1, -0.05) is 50.6 Å². The van der Waals surface area contributed by atoms with Gasteiger partial charge in [-0.15, -0.1) is 24.0 Å². The van der Waals surface area contributed by atoms with Crippen molar-refractivity contribution in [2.24, 2.45) is 4.99 Å². The number of guanidine groups is 1. The van der Waals surface area contributed by atoms with E-state index in [1.54, 1.807) is 0 Å². The lowest BCUT2D eigenvalue weighted by atomic mass is 10.0. The third-order valence-electron chi connectivity index (χ3n) is 4.53. The normalized spacial score (nSPS) is 12.6. The molecule has 0 saturated heterocycles. The summed E-state index contributed by atoms with van der Waals surface area (Å²) < 4.78 is 0. The molecule has 0 aromatic heterocycles. The molecule has 0 aliphatic rings. The van der Waals surface area contributed by atoms with E-state index < -0.39 is 0 Å². The number of hydrogen-bond acceptors (Lipinski definition) is 2. The summed E-state index contributed by atoms with van der Waals surface area (Å²) in [4.78, 5) is 6.79. The molecule has 0 saturated carbocycles. The molecule has 2 N–H and O–H groups in total. The highest BCUT2D eigenvalue weighted by atomic mass is 127. The summed E-state index contributed by atoms with van der Waals surface area (Å²) in [6.07, 6.45) is 2.40. The van der Waals surface area contributed by atoms with Crippen molar-refractivity contribution in [3.05, 3.63) is 35.4 Å². The van der Waals surface area contributed by atoms with Crippen LogP contribution in [0, 0.1) is 6.92 Å². The lowest BCUT2D eigenvalue weighted by Crippen LogP contribution is -2.39. The van der Waals surface area contributed by atoms with E-state index >= 15 is 0 Å². The Balaban J connectivity index is 0.00000576. The number of halogens is 1. The minimum Gasteiger partial charge on any atom is -0.356 e. The molecule has 1 rings (SSSR count). The smallest absolute Gasteiger partial charge is 0.190 e. The summed E-state index contributed by atoms with van der Waals surface area (Å²) in [5, 5.41) is 6.85. The summed E-state index contributed by atoms with van der Waals surface area (Å²) in [7, 11) is 1.84. The van der Waals surface area contributed by atoms with Crippen molar-refractivity contribution in [3.8, 4) is 0 Å². The first-order valence-corrected chi connectivity index (χ1v) is 9.34. The third kappa shape index (κ3) is 10.0. The Bertz CT molecular complexity index is 469. The van der Waals surface area contributed by atoms with Gasteiger partial charge in [0.2, 0.25) is 0 Å². The van der Waals surface area contributed by atoms with Crippen molar-refractivity contribution >= 4 is 29.9 Å². The molecule has 4 nitrogen and oxygen atoms in total. The quantitative estimate of drug-likeness (QED) is 0.240. The fourth-order valence-electron chi connectivity index (χ4n) is 2.69. The van der Waals surface area contributed by atoms with Gasteiger partial charge in [0.05, 0.1) is 0 Å². The average Bonchev–Trinajstić information content (AvgIpc) is 2.61. The van der Waals surface area contributed by atoms with Gasteiger partial charge in [-0.25, -0.2) is 0 Å². The zero-order chi connectivity index (χ0) is 17.8. The fraction of sp³-hybridized carbons (Fsp3) is 0.650. The predicted molar refractivity (Wildman–Crippen MR) is 121 cm³/mol. The van der Waals surface area contributed by atoms with Gasteiger partial charge >= 0.3 is 0 Å². The summed E-state index contributed by atoms with van der Waals surface area (Å²) in [5.74, 6) is 1.36. The Morgan fingerprint density at radius 3 is 2.28 bits per heavy atom. The van der Waals surface area contributed by atoms with Crippen molar-refractivity contribution < 1.29 is 0 Å². The first kappa shape index (κ1) is 24.2. The summed E-state index contributed by atoms with van der Waals surface area (Å²) in [5.41, 5.74) is 2.67. The Hall–Kier alpha value is -0.820. The highest BCUT2D eigenvalue weighted by Gasteiger charge is 2.06. The molecule has 5 heteroatoms. The average molecular weight is 460 g/mol. The molecule has 0 fully saturated rings. The number of nitrogens with zero attached hydrogens (tertiary/aromatic N) is 2. The molecule has 1 aromatic rings. The van der Waals surface area contributed by atoms with Gasteiger partial charge in [0.1, 0.15) is 0 Å². The Labute approximate surface area is 171 Å². The second kappa shape index (κ2) is 14.4. The van der Waals surface area contributed by atoms with Crippen LogP contribution in [0.25, 0.3) is 0 Å². The largest absolute Gasteiger partial charge is 0.356 e. The van der Waals surface area contributed by atoms with Crippen LogP contribution in [0.1, 0.15) is 50.7 Å². The molecule has 0 bridgehead atoms. The number of benzene rings is 1. The molecule has 0 amide bonds. The predicted octanol–water partition coefficient (Wildman–Crippen LogP) is 4.00. The van der Waals surface area contributed by atoms with Gasteiger partial charge in [0, 0.05) is 20.1 Å². The molecular formula is C20H37IN4. The third-order valence-corrected chi connectivity index (χ3v) is 4.53. The maximum absolute atomic E-state index is 4.32. The van der Waals surface area contributed by atoms with E-state index in [0.29, 0.717) is 5.92 Å². The number of aryl methyl sites for hydroxylation is 1. The number of nitrogens with one attached hydrogen (secondary N) is 2. The summed E-state index contributed by atoms with van der Waals surface area (Å²) in [6.45, 7) is 14.2. The van der Waals surface area contributed by atoms with Crippen LogP contribution in [-0.4, -0.2) is 50.6 Å². The zero-order valence-corrected chi connectivity index (χ0v) is 19.0. The number of rotatable bonds is 10. The van der Waals surface area contributed by atoms with Crippen LogP contribution < -0.4 is 10.6 Å². The zero-order valence-electron chi connectivity index (χ0n) is 16.6. The molecule has 1 atom stereocenters. The van der Waals surface area contributed by atoms with E-state index in [2.05, 4.69) is 72.5 Å². The van der Waals surface area contributed by atoms with E-state index in [9.17, 15) is 0 Å². The molecule has 1 unspecified atom stereocenters. The highest BCUT2D eigenvalue weighted by molar-refractivity contribution is 14.0. The van der Waals surface area contributed by atoms with Gasteiger partial charge in [-0.3, -0.25) is 4.99 Å². The van der Waals surface area contributed by atoms with E-state index in [0.717, 1.165) is 32.1 Å². The first-order chi connectivity index (χ1) is 11.6. The molecule has 0 spiro atoms. The minimum absolute atomic E-state index is 0. The van der Waals surface area contributed by atoms with E-state index in [1.807, 2.05) is 7.05 Å². The maximum Gasteiger partial charge on any atom is 0.190 e. The van der Waals surface area contributed by atoms with Crippen molar-refractivity contribution in [1.82, 2.24) is 15.5 Å². The van der Waals surface area contributed by atoms with Gasteiger partial charge in [-0.05, 0) is 50.9 Å². The molecule has 0 radical (unpaired) electrons. The van der Waals surface area contributed by atoms with Crippen LogP contribution >= 0.6 is 24.0 Å². The fourth-order valence-corrected chi connectivity index (χ4v) is 2.69. The van der Waals surface area contributed by atoms with Crippen LogP contribution in [0.4, 0.5) is 0 Å². The molecule has 1 aromatic carbocycles. The van der Waals surface area contributed by atoms with Crippen molar-refractivity contribution in [3.63, 3.8) is 0 Å². The van der Waals surface area contributed by atoms with Gasteiger partial charge in [0.15, 0.2) is 5.96 Å². The second-order valence-electron chi connectivity index (χ2n) is 6.43. The van der Waals surface area contributed by atoms with Crippen LogP contribution in [0.2, 0.25) is 0 Å². The molecule has 0 heterocycles. The van der Waals surface area contributed by atoms with Crippen molar-refractivity contribution in [2.45, 2.75) is 46.5 Å². The first-order valence-electron chi connectivity index (χ1n) is 9.34. The van der Waals surface area contributed by atoms with Crippen LogP contribution in [-0.2, 0) is 0 Å². The standard InChI is InChI=1S/C20H36N4.HI/c1-6-24(7-2)15-9-8-14-22-20(21-5)23-16-18(4)19-12-10-17(3)11-13-19;/h10-13,18H,6-9,14-16H2,1-5H3,(H2,21,22,23);1H. The van der Waals surface area contributed by atoms with Crippen LogP contribution in [0.15, 0.2) is 29.3 Å². The van der Waals surface area contributed by atoms with E-state index in [1.165, 1.54) is 30.5 Å². The molecule has 0 aliphatic heterocycles. The van der Waals surface area contributed by atoms with Crippen LogP contribution in [0.5, 0.6) is 0 Å². The topological polar surface area (TPSA) is 39.7 Å². The van der Waals surface area contributed by atoms with E-state index in [4.69, 9.17) is 0 Å². The highest BCUT2D eigenvalue weighted by Crippen LogP contribution is 2.14. The summed E-state index contributed by atoms with van der Waals surface area (Å²) in [6, 6.07) is 8.78. The summed E-state index contributed by atoms with van der Waals surface area (Å²) >= 11 is 0. The maximum atomic E-state index is 4.32.